The maximum absolute atomic E-state index is 9.19. The minimum Gasteiger partial charge on any atom is -0.394 e. The van der Waals surface area contributed by atoms with E-state index in [-0.39, 0.29) is 12.1 Å². The maximum atomic E-state index is 9.19. The van der Waals surface area contributed by atoms with Gasteiger partial charge in [-0.2, -0.15) is 8.42 Å². The first-order chi connectivity index (χ1) is 8.46. The summed E-state index contributed by atoms with van der Waals surface area (Å²) in [5.41, 5.74) is 8.94. The van der Waals surface area contributed by atoms with E-state index in [1.165, 1.54) is 0 Å². The molecule has 0 atom stereocenters. The van der Waals surface area contributed by atoms with Crippen LogP contribution in [0.2, 0.25) is 0 Å². The van der Waals surface area contributed by atoms with Crippen LogP contribution in [-0.2, 0) is 10.1 Å². The lowest BCUT2D eigenvalue weighted by Crippen LogP contribution is -2.20. The molecule has 0 saturated heterocycles. The van der Waals surface area contributed by atoms with Crippen molar-refractivity contribution >= 4 is 16.1 Å². The topological polar surface area (TPSA) is 150 Å². The number of hydrogen-bond donors (Lipinski definition) is 5. The summed E-state index contributed by atoms with van der Waals surface area (Å²) in [7, 11) is -3.67. The van der Waals surface area contributed by atoms with E-state index in [0.717, 1.165) is 0 Å². The van der Waals surface area contributed by atoms with Gasteiger partial charge in [0.15, 0.2) is 5.96 Å². The van der Waals surface area contributed by atoms with Gasteiger partial charge in [0.25, 0.3) is 10.1 Å². The Morgan fingerprint density at radius 2 is 1.11 bits per heavy atom. The first-order valence-corrected chi connectivity index (χ1v) is 7.01. The molecule has 7 N–H and O–H groups in total. The fraction of sp³-hybridized carbons (Fsp3) is 0.364. The third-order valence-electron chi connectivity index (χ3n) is 0.667. The third-order valence-corrected chi connectivity index (χ3v) is 0.667. The number of guanidine groups is 1. The minimum absolute atomic E-state index is 0.167. The van der Waals surface area contributed by atoms with Crippen molar-refractivity contribution in [1.29, 1.82) is 5.41 Å². The molecule has 1 rings (SSSR count). The summed E-state index contributed by atoms with van der Waals surface area (Å²) in [6, 6.07) is 12.0. The van der Waals surface area contributed by atoms with Crippen molar-refractivity contribution in [3.8, 4) is 0 Å². The van der Waals surface area contributed by atoms with E-state index in [2.05, 4.69) is 11.5 Å². The Bertz CT molecular complexity index is 352. The minimum atomic E-state index is -3.67. The molecule has 0 aliphatic rings. The Morgan fingerprint density at radius 3 is 1.16 bits per heavy atom. The van der Waals surface area contributed by atoms with E-state index in [1.807, 2.05) is 36.4 Å². The molecule has 0 saturated carbocycles. The average molecular weight is 293 g/mol. The van der Waals surface area contributed by atoms with E-state index in [0.29, 0.717) is 6.26 Å². The second kappa shape index (κ2) is 14.4. The first kappa shape index (κ1) is 22.5. The molecule has 19 heavy (non-hydrogen) atoms. The van der Waals surface area contributed by atoms with Crippen LogP contribution in [0.5, 0.6) is 0 Å². The molecule has 0 unspecified atom stereocenters. The van der Waals surface area contributed by atoms with E-state index in [1.54, 1.807) is 13.8 Å². The molecular formula is C11H23N3O4S. The van der Waals surface area contributed by atoms with Crippen molar-refractivity contribution < 1.29 is 18.1 Å². The molecule has 7 nitrogen and oxygen atoms in total. The molecule has 0 radical (unpaired) electrons. The smallest absolute Gasteiger partial charge is 0.261 e. The molecule has 0 heterocycles. The Balaban J connectivity index is -0.000000184. The van der Waals surface area contributed by atoms with Gasteiger partial charge in [-0.25, -0.2) is 0 Å². The molecule has 1 aromatic rings. The summed E-state index contributed by atoms with van der Waals surface area (Å²) in [6.45, 7) is 3.44. The molecule has 0 bridgehead atoms. The van der Waals surface area contributed by atoms with Crippen LogP contribution in [0.15, 0.2) is 36.4 Å². The van der Waals surface area contributed by atoms with E-state index in [4.69, 9.17) is 15.1 Å². The lowest BCUT2D eigenvalue weighted by molar-refractivity contribution is 0.216. The van der Waals surface area contributed by atoms with Crippen LogP contribution in [0.4, 0.5) is 0 Å². The first-order valence-electron chi connectivity index (χ1n) is 5.16. The number of benzene rings is 1. The Kier molecular flexibility index (Phi) is 17.1. The molecule has 8 heteroatoms. The zero-order chi connectivity index (χ0) is 15.9. The molecule has 0 aliphatic heterocycles. The predicted molar refractivity (Wildman–Crippen MR) is 77.4 cm³/mol. The molecule has 0 aliphatic carbocycles. The fourth-order valence-corrected chi connectivity index (χ4v) is 0.385. The SMILES string of the molecule is CC(C)O.CS(=O)(=O)O.N=C(N)N.c1ccccc1. The Hall–Kier alpha value is -1.64. The summed E-state index contributed by atoms with van der Waals surface area (Å²) in [6.07, 6.45) is 0.549. The number of aliphatic hydroxyl groups is 1. The van der Waals surface area contributed by atoms with Gasteiger partial charge in [-0.05, 0) is 13.8 Å². The molecule has 1 aromatic carbocycles. The molecule has 0 fully saturated rings. The predicted octanol–water partition coefficient (Wildman–Crippen LogP) is 0.416. The van der Waals surface area contributed by atoms with Crippen LogP contribution in [0.1, 0.15) is 13.8 Å². The Morgan fingerprint density at radius 1 is 1.05 bits per heavy atom. The number of aliphatic hydroxyl groups excluding tert-OH is 1. The monoisotopic (exact) mass is 293 g/mol. The van der Waals surface area contributed by atoms with Crippen molar-refractivity contribution in [3.63, 3.8) is 0 Å². The van der Waals surface area contributed by atoms with E-state index < -0.39 is 10.1 Å². The van der Waals surface area contributed by atoms with Crippen LogP contribution in [0.3, 0.4) is 0 Å². The van der Waals surface area contributed by atoms with E-state index >= 15 is 0 Å². The summed E-state index contributed by atoms with van der Waals surface area (Å²) in [5, 5.41) is 14.1. The zero-order valence-electron chi connectivity index (χ0n) is 11.3. The average Bonchev–Trinajstić information content (AvgIpc) is 2.15. The third kappa shape index (κ3) is 177. The highest BCUT2D eigenvalue weighted by atomic mass is 32.2. The van der Waals surface area contributed by atoms with Crippen molar-refractivity contribution in [3.05, 3.63) is 36.4 Å². The normalized spacial score (nSPS) is 8.74. The van der Waals surface area contributed by atoms with Gasteiger partial charge in [0.1, 0.15) is 0 Å². The maximum Gasteiger partial charge on any atom is 0.261 e. The summed E-state index contributed by atoms with van der Waals surface area (Å²) < 4.78 is 25.9. The molecule has 112 valence electrons. The van der Waals surface area contributed by atoms with Gasteiger partial charge in [-0.15, -0.1) is 0 Å². The van der Waals surface area contributed by atoms with Gasteiger partial charge >= 0.3 is 0 Å². The number of hydrogen-bond acceptors (Lipinski definition) is 4. The number of nitrogens with two attached hydrogens (primary N) is 2. The summed E-state index contributed by atoms with van der Waals surface area (Å²) in [4.78, 5) is 0. The molecule has 0 amide bonds. The van der Waals surface area contributed by atoms with Gasteiger partial charge in [0.05, 0.1) is 6.26 Å². The molecule has 0 spiro atoms. The van der Waals surface area contributed by atoms with Gasteiger partial charge in [-0.1, -0.05) is 36.4 Å². The highest BCUT2D eigenvalue weighted by Crippen LogP contribution is 1.79. The van der Waals surface area contributed by atoms with Crippen LogP contribution >= 0.6 is 0 Å². The highest BCUT2D eigenvalue weighted by molar-refractivity contribution is 7.85. The lowest BCUT2D eigenvalue weighted by Gasteiger charge is -1.80. The molecular weight excluding hydrogens is 270 g/mol. The Labute approximate surface area is 114 Å². The quantitative estimate of drug-likeness (QED) is 0.265. The second-order valence-electron chi connectivity index (χ2n) is 3.44. The van der Waals surface area contributed by atoms with Crippen LogP contribution in [0.25, 0.3) is 0 Å². The van der Waals surface area contributed by atoms with Crippen molar-refractivity contribution in [2.24, 2.45) is 11.5 Å². The molecule has 0 aromatic heterocycles. The standard InChI is InChI=1S/C6H6.C3H8O.CH5N3.CH4O3S/c1-2-4-6-5-3-1;1-3(2)4;2-1(3)4;1-5(2,3)4/h1-6H;3-4H,1-2H3;(H5,2,3,4);1H3,(H,2,3,4). The van der Waals surface area contributed by atoms with Crippen molar-refractivity contribution in [2.45, 2.75) is 20.0 Å². The number of rotatable bonds is 0. The van der Waals surface area contributed by atoms with Gasteiger partial charge in [-0.3, -0.25) is 9.96 Å². The van der Waals surface area contributed by atoms with Crippen LogP contribution < -0.4 is 11.5 Å². The largest absolute Gasteiger partial charge is 0.394 e. The van der Waals surface area contributed by atoms with Crippen LogP contribution in [0, 0.1) is 5.41 Å². The number of nitrogens with one attached hydrogen (secondary N) is 1. The lowest BCUT2D eigenvalue weighted by atomic mass is 10.4. The van der Waals surface area contributed by atoms with Gasteiger partial charge < -0.3 is 16.6 Å². The van der Waals surface area contributed by atoms with Crippen LogP contribution in [-0.4, -0.2) is 36.4 Å². The highest BCUT2D eigenvalue weighted by Gasteiger charge is 1.81. The second-order valence-corrected chi connectivity index (χ2v) is 4.90. The van der Waals surface area contributed by atoms with Gasteiger partial charge in [0, 0.05) is 6.10 Å². The fourth-order valence-electron chi connectivity index (χ4n) is 0.385. The van der Waals surface area contributed by atoms with Crippen molar-refractivity contribution in [1.82, 2.24) is 0 Å². The van der Waals surface area contributed by atoms with Crippen molar-refractivity contribution in [2.75, 3.05) is 6.26 Å². The summed E-state index contributed by atoms with van der Waals surface area (Å²) >= 11 is 0. The summed E-state index contributed by atoms with van der Waals surface area (Å²) in [5.74, 6) is -0.333. The van der Waals surface area contributed by atoms with E-state index in [9.17, 15) is 8.42 Å². The van der Waals surface area contributed by atoms with Gasteiger partial charge in [0.2, 0.25) is 0 Å². The zero-order valence-corrected chi connectivity index (χ0v) is 12.1.